The van der Waals surface area contributed by atoms with Gasteiger partial charge in [-0.25, -0.2) is 4.98 Å². The summed E-state index contributed by atoms with van der Waals surface area (Å²) in [7, 11) is 0. The van der Waals surface area contributed by atoms with Gasteiger partial charge in [0.1, 0.15) is 5.01 Å². The molecule has 0 aliphatic rings. The van der Waals surface area contributed by atoms with Gasteiger partial charge in [0, 0.05) is 16.6 Å². The van der Waals surface area contributed by atoms with Gasteiger partial charge in [-0.3, -0.25) is 0 Å². The maximum Gasteiger partial charge on any atom is 0.123 e. The van der Waals surface area contributed by atoms with Crippen molar-refractivity contribution in [2.24, 2.45) is 0 Å². The lowest BCUT2D eigenvalue weighted by Crippen LogP contribution is -1.75. The standard InChI is InChI=1S/C10H11NS/c1-4-6-9(5-2)10-11-7-8(3)12-10/h4-7H,1-2H2,3H3/b9-6+. The zero-order valence-corrected chi connectivity index (χ0v) is 7.90. The minimum Gasteiger partial charge on any atom is -0.244 e. The van der Waals surface area contributed by atoms with E-state index in [2.05, 4.69) is 18.1 Å². The Morgan fingerprint density at radius 3 is 2.75 bits per heavy atom. The second-order valence-corrected chi connectivity index (χ2v) is 3.57. The van der Waals surface area contributed by atoms with E-state index in [1.165, 1.54) is 4.88 Å². The van der Waals surface area contributed by atoms with Crippen LogP contribution in [0.2, 0.25) is 0 Å². The van der Waals surface area contributed by atoms with Gasteiger partial charge in [-0.15, -0.1) is 11.3 Å². The maximum atomic E-state index is 4.24. The molecule has 1 heterocycles. The van der Waals surface area contributed by atoms with Crippen LogP contribution in [-0.4, -0.2) is 4.98 Å². The van der Waals surface area contributed by atoms with Crippen molar-refractivity contribution < 1.29 is 0 Å². The van der Waals surface area contributed by atoms with Crippen LogP contribution in [0.4, 0.5) is 0 Å². The van der Waals surface area contributed by atoms with Crippen LogP contribution in [0, 0.1) is 6.92 Å². The molecule has 0 amide bonds. The number of aryl methyl sites for hydroxylation is 1. The first kappa shape index (κ1) is 8.94. The molecular weight excluding hydrogens is 166 g/mol. The third kappa shape index (κ3) is 1.92. The van der Waals surface area contributed by atoms with Crippen LogP contribution in [0.5, 0.6) is 0 Å². The average molecular weight is 177 g/mol. The normalized spacial score (nSPS) is 11.2. The fourth-order valence-corrected chi connectivity index (χ4v) is 1.63. The topological polar surface area (TPSA) is 12.9 Å². The Labute approximate surface area is 76.8 Å². The first-order valence-electron chi connectivity index (χ1n) is 3.66. The Kier molecular flexibility index (Phi) is 3.00. The van der Waals surface area contributed by atoms with Crippen molar-refractivity contribution in [3.05, 3.63) is 47.5 Å². The SMILES string of the molecule is C=C/C=C(\C=C)c1ncc(C)s1. The zero-order valence-electron chi connectivity index (χ0n) is 7.08. The van der Waals surface area contributed by atoms with E-state index < -0.39 is 0 Å². The summed E-state index contributed by atoms with van der Waals surface area (Å²) in [5.74, 6) is 0. The smallest absolute Gasteiger partial charge is 0.123 e. The van der Waals surface area contributed by atoms with Gasteiger partial charge < -0.3 is 0 Å². The van der Waals surface area contributed by atoms with Gasteiger partial charge in [-0.2, -0.15) is 0 Å². The number of hydrogen-bond donors (Lipinski definition) is 0. The molecule has 0 unspecified atom stereocenters. The fourth-order valence-electron chi connectivity index (χ4n) is 0.842. The third-order valence-electron chi connectivity index (χ3n) is 1.39. The lowest BCUT2D eigenvalue weighted by Gasteiger charge is -1.92. The predicted molar refractivity (Wildman–Crippen MR) is 55.2 cm³/mol. The molecule has 0 aliphatic carbocycles. The highest BCUT2D eigenvalue weighted by Crippen LogP contribution is 2.20. The predicted octanol–water partition coefficient (Wildman–Crippen LogP) is 3.21. The number of thiazole rings is 1. The van der Waals surface area contributed by atoms with E-state index in [1.807, 2.05) is 19.2 Å². The third-order valence-corrected chi connectivity index (χ3v) is 2.35. The molecule has 0 saturated carbocycles. The van der Waals surface area contributed by atoms with Crippen molar-refractivity contribution in [1.29, 1.82) is 0 Å². The fraction of sp³-hybridized carbons (Fsp3) is 0.100. The van der Waals surface area contributed by atoms with Gasteiger partial charge in [0.05, 0.1) is 0 Å². The molecule has 1 aromatic rings. The van der Waals surface area contributed by atoms with Gasteiger partial charge in [0.25, 0.3) is 0 Å². The Bertz CT molecular complexity index is 320. The van der Waals surface area contributed by atoms with Crippen molar-refractivity contribution >= 4 is 16.9 Å². The molecule has 62 valence electrons. The van der Waals surface area contributed by atoms with Crippen LogP contribution in [0.15, 0.2) is 37.6 Å². The molecule has 1 aromatic heterocycles. The van der Waals surface area contributed by atoms with E-state index in [4.69, 9.17) is 0 Å². The number of hydrogen-bond acceptors (Lipinski definition) is 2. The number of aromatic nitrogens is 1. The highest BCUT2D eigenvalue weighted by atomic mass is 32.1. The highest BCUT2D eigenvalue weighted by Gasteiger charge is 2.00. The van der Waals surface area contributed by atoms with E-state index in [0.29, 0.717) is 0 Å². The first-order chi connectivity index (χ1) is 5.77. The van der Waals surface area contributed by atoms with E-state index >= 15 is 0 Å². The second-order valence-electron chi connectivity index (χ2n) is 2.34. The monoisotopic (exact) mass is 177 g/mol. The molecule has 0 spiro atoms. The van der Waals surface area contributed by atoms with Crippen LogP contribution in [0.25, 0.3) is 5.57 Å². The van der Waals surface area contributed by atoms with E-state index in [9.17, 15) is 0 Å². The molecule has 0 aromatic carbocycles. The molecule has 0 saturated heterocycles. The Morgan fingerprint density at radius 2 is 2.33 bits per heavy atom. The van der Waals surface area contributed by atoms with Crippen LogP contribution in [-0.2, 0) is 0 Å². The van der Waals surface area contributed by atoms with E-state index in [1.54, 1.807) is 23.5 Å². The van der Waals surface area contributed by atoms with Gasteiger partial charge in [-0.05, 0) is 6.92 Å². The van der Waals surface area contributed by atoms with Crippen molar-refractivity contribution in [3.8, 4) is 0 Å². The van der Waals surface area contributed by atoms with Crippen LogP contribution < -0.4 is 0 Å². The summed E-state index contributed by atoms with van der Waals surface area (Å²) in [6, 6.07) is 0. The highest BCUT2D eigenvalue weighted by molar-refractivity contribution is 7.12. The Morgan fingerprint density at radius 1 is 1.58 bits per heavy atom. The van der Waals surface area contributed by atoms with Crippen LogP contribution in [0.1, 0.15) is 9.88 Å². The van der Waals surface area contributed by atoms with Gasteiger partial charge in [0.2, 0.25) is 0 Å². The lowest BCUT2D eigenvalue weighted by molar-refractivity contribution is 1.35. The molecule has 1 nitrogen and oxygen atoms in total. The molecule has 0 atom stereocenters. The van der Waals surface area contributed by atoms with Crippen molar-refractivity contribution in [2.75, 3.05) is 0 Å². The van der Waals surface area contributed by atoms with Gasteiger partial charge >= 0.3 is 0 Å². The lowest BCUT2D eigenvalue weighted by atomic mass is 10.2. The molecule has 1 rings (SSSR count). The molecule has 0 aliphatic heterocycles. The largest absolute Gasteiger partial charge is 0.244 e. The summed E-state index contributed by atoms with van der Waals surface area (Å²) in [5, 5.41) is 1.00. The Hall–Kier alpha value is -1.15. The zero-order chi connectivity index (χ0) is 8.97. The van der Waals surface area contributed by atoms with Crippen LogP contribution >= 0.6 is 11.3 Å². The molecule has 2 heteroatoms. The summed E-state index contributed by atoms with van der Waals surface area (Å²) in [6.45, 7) is 9.39. The average Bonchev–Trinajstić information content (AvgIpc) is 2.47. The second kappa shape index (κ2) is 4.02. The summed E-state index contributed by atoms with van der Waals surface area (Å²) < 4.78 is 0. The van der Waals surface area contributed by atoms with Crippen molar-refractivity contribution in [2.45, 2.75) is 6.92 Å². The molecule has 12 heavy (non-hydrogen) atoms. The number of allylic oxidation sites excluding steroid dienone is 4. The van der Waals surface area contributed by atoms with Gasteiger partial charge in [-0.1, -0.05) is 31.4 Å². The number of nitrogens with zero attached hydrogens (tertiary/aromatic N) is 1. The first-order valence-corrected chi connectivity index (χ1v) is 4.47. The molecule has 0 radical (unpaired) electrons. The quantitative estimate of drug-likeness (QED) is 0.646. The molecule has 0 bridgehead atoms. The van der Waals surface area contributed by atoms with E-state index in [0.717, 1.165) is 10.6 Å². The van der Waals surface area contributed by atoms with Crippen molar-refractivity contribution in [1.82, 2.24) is 4.98 Å². The van der Waals surface area contributed by atoms with Crippen molar-refractivity contribution in [3.63, 3.8) is 0 Å². The van der Waals surface area contributed by atoms with E-state index in [-0.39, 0.29) is 0 Å². The van der Waals surface area contributed by atoms with Gasteiger partial charge in [0.15, 0.2) is 0 Å². The minimum absolute atomic E-state index is 1.00. The summed E-state index contributed by atoms with van der Waals surface area (Å²) >= 11 is 1.66. The molecule has 0 fully saturated rings. The molecule has 0 N–H and O–H groups in total. The minimum atomic E-state index is 1.00. The maximum absolute atomic E-state index is 4.24. The summed E-state index contributed by atoms with van der Waals surface area (Å²) in [6.07, 6.45) is 7.30. The molecular formula is C10H11NS. The summed E-state index contributed by atoms with van der Waals surface area (Å²) in [5.41, 5.74) is 1.03. The summed E-state index contributed by atoms with van der Waals surface area (Å²) in [4.78, 5) is 5.45. The number of rotatable bonds is 3. The van der Waals surface area contributed by atoms with Crippen LogP contribution in [0.3, 0.4) is 0 Å². The Balaban J connectivity index is 3.02.